The van der Waals surface area contributed by atoms with Crippen molar-refractivity contribution in [2.45, 2.75) is 44.6 Å². The number of fused-ring (bicyclic) bond motifs is 1. The topological polar surface area (TPSA) is 21.7 Å². The second kappa shape index (κ2) is 5.55. The third-order valence-corrected chi connectivity index (χ3v) is 6.24. The Kier molecular flexibility index (Phi) is 3.96. The van der Waals surface area contributed by atoms with Gasteiger partial charge in [0.2, 0.25) is 0 Å². The van der Waals surface area contributed by atoms with Gasteiger partial charge in [-0.1, -0.05) is 32.1 Å². The Morgan fingerprint density at radius 3 is 2.52 bits per heavy atom. The van der Waals surface area contributed by atoms with E-state index < -0.39 is 0 Å². The second-order valence-electron chi connectivity index (χ2n) is 7.80. The zero-order chi connectivity index (χ0) is 16.8. The summed E-state index contributed by atoms with van der Waals surface area (Å²) in [6, 6.07) is 7.00. The van der Waals surface area contributed by atoms with E-state index in [-0.39, 0.29) is 10.8 Å². The average Bonchev–Trinajstić information content (AvgIpc) is 2.85. The summed E-state index contributed by atoms with van der Waals surface area (Å²) in [6.45, 7) is 10.3. The van der Waals surface area contributed by atoms with E-state index in [1.165, 1.54) is 17.6 Å². The molecule has 2 atom stereocenters. The monoisotopic (exact) mass is 315 g/mol. The highest BCUT2D eigenvalue weighted by molar-refractivity contribution is 5.48. The van der Waals surface area contributed by atoms with E-state index in [0.717, 1.165) is 30.9 Å². The summed E-state index contributed by atoms with van der Waals surface area (Å²) in [4.78, 5) is 2.52. The minimum absolute atomic E-state index is 0.141. The van der Waals surface area contributed by atoms with Crippen LogP contribution in [-0.4, -0.2) is 38.8 Å². The molecule has 0 spiro atoms. The summed E-state index contributed by atoms with van der Waals surface area (Å²) < 4.78 is 11.0. The highest BCUT2D eigenvalue weighted by atomic mass is 16.5. The van der Waals surface area contributed by atoms with Crippen LogP contribution in [0.1, 0.15) is 38.7 Å². The number of likely N-dealkylation sites (N-methyl/N-ethyl adjacent to an activating group) is 1. The highest BCUT2D eigenvalue weighted by Gasteiger charge is 2.58. The molecule has 0 amide bonds. The number of ether oxygens (including phenoxy) is 2. The highest BCUT2D eigenvalue weighted by Crippen LogP contribution is 2.59. The summed E-state index contributed by atoms with van der Waals surface area (Å²) in [5, 5.41) is 0. The van der Waals surface area contributed by atoms with Crippen molar-refractivity contribution in [3.63, 3.8) is 0 Å². The maximum Gasteiger partial charge on any atom is 0.161 e. The van der Waals surface area contributed by atoms with E-state index in [0.29, 0.717) is 6.04 Å². The van der Waals surface area contributed by atoms with Crippen LogP contribution in [0.15, 0.2) is 30.4 Å². The lowest BCUT2D eigenvalue weighted by atomic mass is 9.52. The Hall–Kier alpha value is -1.48. The summed E-state index contributed by atoms with van der Waals surface area (Å²) in [7, 11) is 5.66. The van der Waals surface area contributed by atoms with Gasteiger partial charge in [-0.2, -0.15) is 0 Å². The van der Waals surface area contributed by atoms with E-state index >= 15 is 0 Å². The van der Waals surface area contributed by atoms with Gasteiger partial charge in [0.1, 0.15) is 0 Å². The Balaban J connectivity index is 2.16. The molecule has 0 bridgehead atoms. The van der Waals surface area contributed by atoms with Gasteiger partial charge in [0.15, 0.2) is 11.5 Å². The average molecular weight is 315 g/mol. The van der Waals surface area contributed by atoms with Crippen molar-refractivity contribution in [3.8, 4) is 11.5 Å². The lowest BCUT2D eigenvalue weighted by Gasteiger charge is -2.54. The van der Waals surface area contributed by atoms with Crippen LogP contribution in [0.5, 0.6) is 11.5 Å². The number of likely N-dealkylation sites (tertiary alicyclic amines) is 1. The molecule has 3 rings (SSSR count). The standard InChI is InChI=1S/C20H29NO2/c1-14-11-18-20(9-10-21(18)4,19(2,3)13-14)15-7-8-16(22-5)17(12-15)23-6/h7-8,12,18H,1,9-11,13H2,2-6H3/t18?,20-/m1/s1. The van der Waals surface area contributed by atoms with Gasteiger partial charge in [0, 0.05) is 11.5 Å². The molecule has 0 aromatic heterocycles. The summed E-state index contributed by atoms with van der Waals surface area (Å²) in [5.41, 5.74) is 3.08. The van der Waals surface area contributed by atoms with Crippen LogP contribution in [0, 0.1) is 5.41 Å². The smallest absolute Gasteiger partial charge is 0.161 e. The molecule has 1 saturated carbocycles. The third kappa shape index (κ3) is 2.28. The molecular weight excluding hydrogens is 286 g/mol. The first-order valence-electron chi connectivity index (χ1n) is 8.45. The molecule has 2 aliphatic rings. The maximum atomic E-state index is 5.57. The zero-order valence-electron chi connectivity index (χ0n) is 15.1. The lowest BCUT2D eigenvalue weighted by Crippen LogP contribution is -2.54. The third-order valence-electron chi connectivity index (χ3n) is 6.24. The van der Waals surface area contributed by atoms with E-state index in [2.05, 4.69) is 50.6 Å². The zero-order valence-corrected chi connectivity index (χ0v) is 15.1. The summed E-state index contributed by atoms with van der Waals surface area (Å²) >= 11 is 0. The lowest BCUT2D eigenvalue weighted by molar-refractivity contribution is 0.0794. The maximum absolute atomic E-state index is 5.57. The number of methoxy groups -OCH3 is 2. The van der Waals surface area contributed by atoms with Gasteiger partial charge < -0.3 is 14.4 Å². The fourth-order valence-electron chi connectivity index (χ4n) is 5.14. The van der Waals surface area contributed by atoms with Crippen molar-refractivity contribution in [3.05, 3.63) is 35.9 Å². The molecule has 1 aliphatic carbocycles. The number of hydrogen-bond donors (Lipinski definition) is 0. The van der Waals surface area contributed by atoms with E-state index in [1.54, 1.807) is 14.2 Å². The molecule has 1 aromatic carbocycles. The van der Waals surface area contributed by atoms with Crippen LogP contribution in [0.2, 0.25) is 0 Å². The molecule has 126 valence electrons. The van der Waals surface area contributed by atoms with Gasteiger partial charge in [0.05, 0.1) is 14.2 Å². The number of nitrogens with zero attached hydrogens (tertiary/aromatic N) is 1. The van der Waals surface area contributed by atoms with Gasteiger partial charge in [-0.25, -0.2) is 0 Å². The van der Waals surface area contributed by atoms with Crippen LogP contribution in [-0.2, 0) is 5.41 Å². The van der Waals surface area contributed by atoms with Crippen molar-refractivity contribution < 1.29 is 9.47 Å². The molecule has 0 radical (unpaired) electrons. The van der Waals surface area contributed by atoms with Crippen molar-refractivity contribution in [2.75, 3.05) is 27.8 Å². The minimum atomic E-state index is 0.141. The number of rotatable bonds is 3. The molecule has 1 aromatic rings. The first-order chi connectivity index (χ1) is 10.9. The number of hydrogen-bond acceptors (Lipinski definition) is 3. The first-order valence-corrected chi connectivity index (χ1v) is 8.45. The Morgan fingerprint density at radius 1 is 1.17 bits per heavy atom. The number of benzene rings is 1. The molecule has 1 saturated heterocycles. The molecule has 1 heterocycles. The Morgan fingerprint density at radius 2 is 1.87 bits per heavy atom. The Bertz CT molecular complexity index is 622. The molecule has 3 heteroatoms. The van der Waals surface area contributed by atoms with Gasteiger partial charge in [-0.05, 0) is 56.0 Å². The van der Waals surface area contributed by atoms with Crippen molar-refractivity contribution in [2.24, 2.45) is 5.41 Å². The molecule has 0 N–H and O–H groups in total. The first kappa shape index (κ1) is 16.4. The predicted molar refractivity (Wildman–Crippen MR) is 94.4 cm³/mol. The van der Waals surface area contributed by atoms with E-state index in [4.69, 9.17) is 9.47 Å². The predicted octanol–water partition coefficient (Wildman–Crippen LogP) is 4.02. The SMILES string of the molecule is C=C1CC2N(C)CC[C@]2(c2ccc(OC)c(OC)c2)C(C)(C)C1. The van der Waals surface area contributed by atoms with Crippen LogP contribution in [0.4, 0.5) is 0 Å². The summed E-state index contributed by atoms with van der Waals surface area (Å²) in [6.07, 6.45) is 3.36. The van der Waals surface area contributed by atoms with Crippen molar-refractivity contribution >= 4 is 0 Å². The van der Waals surface area contributed by atoms with Gasteiger partial charge in [0.25, 0.3) is 0 Å². The van der Waals surface area contributed by atoms with Gasteiger partial charge >= 0.3 is 0 Å². The fraction of sp³-hybridized carbons (Fsp3) is 0.600. The molecule has 23 heavy (non-hydrogen) atoms. The second-order valence-corrected chi connectivity index (χ2v) is 7.80. The van der Waals surface area contributed by atoms with Crippen LogP contribution in [0.3, 0.4) is 0 Å². The summed E-state index contributed by atoms with van der Waals surface area (Å²) in [5.74, 6) is 1.63. The normalized spacial score (nSPS) is 30.1. The van der Waals surface area contributed by atoms with Crippen LogP contribution < -0.4 is 9.47 Å². The van der Waals surface area contributed by atoms with Crippen molar-refractivity contribution in [1.29, 1.82) is 0 Å². The van der Waals surface area contributed by atoms with Gasteiger partial charge in [-0.15, -0.1) is 0 Å². The van der Waals surface area contributed by atoms with Gasteiger partial charge in [-0.3, -0.25) is 0 Å². The van der Waals surface area contributed by atoms with E-state index in [1.807, 2.05) is 0 Å². The Labute approximate surface area is 140 Å². The fourth-order valence-corrected chi connectivity index (χ4v) is 5.14. The van der Waals surface area contributed by atoms with Crippen molar-refractivity contribution in [1.82, 2.24) is 4.90 Å². The molecule has 2 fully saturated rings. The molecular formula is C20H29NO2. The van der Waals surface area contributed by atoms with Crippen LogP contribution >= 0.6 is 0 Å². The largest absolute Gasteiger partial charge is 0.493 e. The van der Waals surface area contributed by atoms with Crippen LogP contribution in [0.25, 0.3) is 0 Å². The molecule has 3 nitrogen and oxygen atoms in total. The quantitative estimate of drug-likeness (QED) is 0.786. The molecule has 1 aliphatic heterocycles. The minimum Gasteiger partial charge on any atom is -0.493 e. The van der Waals surface area contributed by atoms with E-state index in [9.17, 15) is 0 Å². The molecule has 1 unspecified atom stereocenters.